The van der Waals surface area contributed by atoms with Gasteiger partial charge in [0.2, 0.25) is 0 Å². The van der Waals surface area contributed by atoms with Gasteiger partial charge in [-0.05, 0) is 19.3 Å². The molecule has 0 unspecified atom stereocenters. The number of thiazole rings is 1. The van der Waals surface area contributed by atoms with E-state index in [0.717, 1.165) is 11.4 Å². The fourth-order valence-electron chi connectivity index (χ4n) is 2.24. The molecular formula is C13H23IN4S. The van der Waals surface area contributed by atoms with Crippen LogP contribution < -0.4 is 11.1 Å². The van der Waals surface area contributed by atoms with Crippen molar-refractivity contribution in [3.8, 4) is 0 Å². The Labute approximate surface area is 136 Å². The Morgan fingerprint density at radius 2 is 2.21 bits per heavy atom. The van der Waals surface area contributed by atoms with Crippen LogP contribution in [0.1, 0.15) is 48.9 Å². The van der Waals surface area contributed by atoms with E-state index in [4.69, 9.17) is 5.73 Å². The number of nitrogens with two attached hydrogens (primary N) is 1. The molecule has 4 nitrogen and oxygen atoms in total. The lowest BCUT2D eigenvalue weighted by Gasteiger charge is -2.23. The van der Waals surface area contributed by atoms with Gasteiger partial charge in [-0.15, -0.1) is 35.3 Å². The van der Waals surface area contributed by atoms with Crippen molar-refractivity contribution in [2.75, 3.05) is 0 Å². The van der Waals surface area contributed by atoms with Crippen molar-refractivity contribution in [3.05, 3.63) is 16.1 Å². The van der Waals surface area contributed by atoms with Crippen LogP contribution in [0.4, 0.5) is 0 Å². The Balaban J connectivity index is 0.00000180. The summed E-state index contributed by atoms with van der Waals surface area (Å²) in [6.07, 6.45) is 9.36. The van der Waals surface area contributed by atoms with Gasteiger partial charge in [0.1, 0.15) is 5.01 Å². The molecule has 0 aliphatic heterocycles. The maximum atomic E-state index is 5.91. The maximum Gasteiger partial charge on any atom is 0.189 e. The molecule has 0 amide bonds. The average Bonchev–Trinajstić information content (AvgIpc) is 2.85. The zero-order valence-corrected chi connectivity index (χ0v) is 14.5. The Hall–Kier alpha value is -0.370. The summed E-state index contributed by atoms with van der Waals surface area (Å²) in [6, 6.07) is 0.519. The van der Waals surface area contributed by atoms with Crippen molar-refractivity contribution in [3.63, 3.8) is 0 Å². The van der Waals surface area contributed by atoms with E-state index >= 15 is 0 Å². The Morgan fingerprint density at radius 1 is 1.47 bits per heavy atom. The van der Waals surface area contributed by atoms with Crippen molar-refractivity contribution in [1.29, 1.82) is 0 Å². The molecule has 1 aromatic heterocycles. The lowest BCUT2D eigenvalue weighted by molar-refractivity contribution is 0.412. The zero-order chi connectivity index (χ0) is 12.8. The number of nitrogens with zero attached hydrogens (tertiary/aromatic N) is 2. The highest BCUT2D eigenvalue weighted by molar-refractivity contribution is 14.0. The summed E-state index contributed by atoms with van der Waals surface area (Å²) in [4.78, 5) is 10.0. The van der Waals surface area contributed by atoms with Crippen LogP contribution in [0.3, 0.4) is 0 Å². The molecule has 1 aliphatic carbocycles. The molecule has 0 radical (unpaired) electrons. The van der Waals surface area contributed by atoms with Gasteiger partial charge < -0.3 is 11.1 Å². The van der Waals surface area contributed by atoms with Crippen molar-refractivity contribution >= 4 is 41.3 Å². The number of hydrogen-bond acceptors (Lipinski definition) is 3. The van der Waals surface area contributed by atoms with Crippen LogP contribution in [0.5, 0.6) is 0 Å². The van der Waals surface area contributed by atoms with Crippen LogP contribution in [0.25, 0.3) is 0 Å². The molecule has 0 aromatic carbocycles. The van der Waals surface area contributed by atoms with Crippen molar-refractivity contribution in [2.24, 2.45) is 10.7 Å². The SMILES string of the molecule is CCc1cnc(CN=C(N)NC2CCCCC2)s1.I. The van der Waals surface area contributed by atoms with E-state index in [2.05, 4.69) is 22.2 Å². The number of guanidine groups is 1. The third-order valence-electron chi connectivity index (χ3n) is 3.29. The zero-order valence-electron chi connectivity index (χ0n) is 11.4. The molecule has 1 saturated carbocycles. The van der Waals surface area contributed by atoms with Gasteiger partial charge in [-0.2, -0.15) is 0 Å². The van der Waals surface area contributed by atoms with E-state index in [1.54, 1.807) is 11.3 Å². The summed E-state index contributed by atoms with van der Waals surface area (Å²) < 4.78 is 0. The van der Waals surface area contributed by atoms with E-state index in [9.17, 15) is 0 Å². The summed E-state index contributed by atoms with van der Waals surface area (Å²) in [5, 5.41) is 4.36. The second-order valence-electron chi connectivity index (χ2n) is 4.75. The normalized spacial score (nSPS) is 17.0. The quantitative estimate of drug-likeness (QED) is 0.469. The number of halogens is 1. The minimum Gasteiger partial charge on any atom is -0.370 e. The molecule has 0 saturated heterocycles. The molecule has 1 aliphatic rings. The number of aryl methyl sites for hydroxylation is 1. The van der Waals surface area contributed by atoms with Gasteiger partial charge in [0.15, 0.2) is 5.96 Å². The van der Waals surface area contributed by atoms with E-state index in [1.807, 2.05) is 6.20 Å². The molecule has 3 N–H and O–H groups in total. The van der Waals surface area contributed by atoms with Gasteiger partial charge in [0.25, 0.3) is 0 Å². The largest absolute Gasteiger partial charge is 0.370 e. The van der Waals surface area contributed by atoms with Crippen molar-refractivity contribution < 1.29 is 0 Å². The van der Waals surface area contributed by atoms with Crippen molar-refractivity contribution in [2.45, 2.75) is 58.0 Å². The third kappa shape index (κ3) is 5.64. The van der Waals surface area contributed by atoms with Gasteiger partial charge in [0.05, 0.1) is 6.54 Å². The Kier molecular flexibility index (Phi) is 7.67. The van der Waals surface area contributed by atoms with Crippen LogP contribution >= 0.6 is 35.3 Å². The fraction of sp³-hybridized carbons (Fsp3) is 0.692. The molecule has 108 valence electrons. The lowest BCUT2D eigenvalue weighted by atomic mass is 9.96. The summed E-state index contributed by atoms with van der Waals surface area (Å²) in [6.45, 7) is 2.73. The molecule has 19 heavy (non-hydrogen) atoms. The van der Waals surface area contributed by atoms with Crippen LogP contribution in [0.2, 0.25) is 0 Å². The smallest absolute Gasteiger partial charge is 0.189 e. The van der Waals surface area contributed by atoms with E-state index < -0.39 is 0 Å². The first-order valence-corrected chi connectivity index (χ1v) is 7.59. The molecule has 0 bridgehead atoms. The number of aromatic nitrogens is 1. The van der Waals surface area contributed by atoms with Crippen LogP contribution in [0, 0.1) is 0 Å². The standard InChI is InChI=1S/C13H22N4S.HI/c1-2-11-8-15-12(18-11)9-16-13(14)17-10-6-4-3-5-7-10;/h8,10H,2-7,9H2,1H3,(H3,14,16,17);1H. The average molecular weight is 394 g/mol. The third-order valence-corrected chi connectivity index (χ3v) is 4.42. The second kappa shape index (κ2) is 8.73. The molecule has 6 heteroatoms. The summed E-state index contributed by atoms with van der Waals surface area (Å²) in [5.41, 5.74) is 5.91. The minimum absolute atomic E-state index is 0. The first kappa shape index (κ1) is 16.7. The summed E-state index contributed by atoms with van der Waals surface area (Å²) in [5.74, 6) is 0.565. The number of rotatable bonds is 4. The fourth-order valence-corrected chi connectivity index (χ4v) is 3.03. The van der Waals surface area contributed by atoms with E-state index in [-0.39, 0.29) is 24.0 Å². The molecular weight excluding hydrogens is 371 g/mol. The monoisotopic (exact) mass is 394 g/mol. The van der Waals surface area contributed by atoms with E-state index in [0.29, 0.717) is 18.5 Å². The van der Waals surface area contributed by atoms with E-state index in [1.165, 1.54) is 37.0 Å². The maximum absolute atomic E-state index is 5.91. The van der Waals surface area contributed by atoms with Gasteiger partial charge >= 0.3 is 0 Å². The van der Waals surface area contributed by atoms with Gasteiger partial charge in [-0.25, -0.2) is 9.98 Å². The van der Waals surface area contributed by atoms with Crippen LogP contribution in [0.15, 0.2) is 11.2 Å². The van der Waals surface area contributed by atoms with Gasteiger partial charge in [-0.3, -0.25) is 0 Å². The van der Waals surface area contributed by atoms with Gasteiger partial charge in [-0.1, -0.05) is 26.2 Å². The van der Waals surface area contributed by atoms with Crippen LogP contribution in [-0.2, 0) is 13.0 Å². The lowest BCUT2D eigenvalue weighted by Crippen LogP contribution is -2.41. The molecule has 0 atom stereocenters. The molecule has 2 rings (SSSR count). The minimum atomic E-state index is 0. The number of aliphatic imine (C=N–C) groups is 1. The van der Waals surface area contributed by atoms with Gasteiger partial charge in [0, 0.05) is 17.1 Å². The molecule has 0 spiro atoms. The Morgan fingerprint density at radius 3 is 2.84 bits per heavy atom. The highest BCUT2D eigenvalue weighted by Crippen LogP contribution is 2.17. The molecule has 1 fully saturated rings. The summed E-state index contributed by atoms with van der Waals surface area (Å²) in [7, 11) is 0. The second-order valence-corrected chi connectivity index (χ2v) is 5.95. The topological polar surface area (TPSA) is 63.3 Å². The van der Waals surface area contributed by atoms with Crippen LogP contribution in [-0.4, -0.2) is 17.0 Å². The van der Waals surface area contributed by atoms with Crippen molar-refractivity contribution in [1.82, 2.24) is 10.3 Å². The number of nitrogens with one attached hydrogen (secondary N) is 1. The highest BCUT2D eigenvalue weighted by atomic mass is 127. The number of hydrogen-bond donors (Lipinski definition) is 2. The summed E-state index contributed by atoms with van der Waals surface area (Å²) >= 11 is 1.72. The first-order chi connectivity index (χ1) is 8.78. The Bertz CT molecular complexity index is 399. The molecule has 1 heterocycles. The first-order valence-electron chi connectivity index (χ1n) is 6.78. The predicted octanol–water partition coefficient (Wildman–Crippen LogP) is 3.06. The highest BCUT2D eigenvalue weighted by Gasteiger charge is 2.13. The predicted molar refractivity (Wildman–Crippen MR) is 92.2 cm³/mol. The molecule has 1 aromatic rings.